The summed E-state index contributed by atoms with van der Waals surface area (Å²) in [4.78, 5) is 26.6. The molecule has 22 heavy (non-hydrogen) atoms. The highest BCUT2D eigenvalue weighted by Crippen LogP contribution is 2.52. The molecule has 1 aromatic carbocycles. The predicted octanol–water partition coefficient (Wildman–Crippen LogP) is 3.51. The minimum Gasteiger partial charge on any atom is -0.481 e. The number of fused-ring (bicyclic) bond motifs is 2. The number of carboxylic acids is 1. The number of carbonyl (C=O) groups excluding carboxylic acids is 1. The van der Waals surface area contributed by atoms with Crippen LogP contribution in [0.5, 0.6) is 0 Å². The zero-order chi connectivity index (χ0) is 16.1. The number of halogens is 1. The standard InChI is InChI=1S/C17H20ClNO3/c1-3-17(16(21)22)9-11-7-8-14(17)19(11)15(20)12-5-4-6-13(18)10(12)2/h4-6,11,14H,3,7-9H2,1-2H3,(H,21,22)/t11-,14+,17+/m0/s1. The molecule has 0 saturated carbocycles. The van der Waals surface area contributed by atoms with Crippen molar-refractivity contribution in [3.05, 3.63) is 34.3 Å². The van der Waals surface area contributed by atoms with E-state index in [1.807, 2.05) is 18.7 Å². The molecule has 1 amide bonds. The number of hydrogen-bond acceptors (Lipinski definition) is 2. The molecule has 0 spiro atoms. The first kappa shape index (κ1) is 15.3. The Labute approximate surface area is 135 Å². The Morgan fingerprint density at radius 3 is 2.73 bits per heavy atom. The highest BCUT2D eigenvalue weighted by Gasteiger charge is 2.60. The van der Waals surface area contributed by atoms with E-state index in [4.69, 9.17) is 11.6 Å². The number of benzene rings is 1. The van der Waals surface area contributed by atoms with Crippen molar-refractivity contribution < 1.29 is 14.7 Å². The summed E-state index contributed by atoms with van der Waals surface area (Å²) in [6.07, 6.45) is 2.79. The van der Waals surface area contributed by atoms with E-state index in [1.54, 1.807) is 18.2 Å². The maximum Gasteiger partial charge on any atom is 0.311 e. The number of amides is 1. The summed E-state index contributed by atoms with van der Waals surface area (Å²) in [5, 5.41) is 10.3. The highest BCUT2D eigenvalue weighted by molar-refractivity contribution is 6.31. The lowest BCUT2D eigenvalue weighted by Gasteiger charge is -2.32. The molecule has 118 valence electrons. The minimum absolute atomic E-state index is 0.0342. The van der Waals surface area contributed by atoms with Gasteiger partial charge in [0, 0.05) is 22.7 Å². The molecule has 0 aliphatic carbocycles. The molecule has 3 rings (SSSR count). The monoisotopic (exact) mass is 321 g/mol. The van der Waals surface area contributed by atoms with E-state index in [9.17, 15) is 14.7 Å². The molecule has 2 fully saturated rings. The molecule has 4 nitrogen and oxygen atoms in total. The van der Waals surface area contributed by atoms with Gasteiger partial charge >= 0.3 is 5.97 Å². The lowest BCUT2D eigenvalue weighted by molar-refractivity contribution is -0.151. The maximum atomic E-state index is 13.0. The van der Waals surface area contributed by atoms with Crippen LogP contribution in [0.25, 0.3) is 0 Å². The topological polar surface area (TPSA) is 57.6 Å². The normalized spacial score (nSPS) is 29.9. The van der Waals surface area contributed by atoms with E-state index in [2.05, 4.69) is 0 Å². The molecule has 2 aliphatic heterocycles. The fourth-order valence-electron chi connectivity index (χ4n) is 4.23. The van der Waals surface area contributed by atoms with Crippen LogP contribution in [0.15, 0.2) is 18.2 Å². The lowest BCUT2D eigenvalue weighted by Crippen LogP contribution is -2.44. The minimum atomic E-state index is -0.787. The van der Waals surface area contributed by atoms with Gasteiger partial charge in [0.1, 0.15) is 0 Å². The fraction of sp³-hybridized carbons (Fsp3) is 0.529. The molecule has 3 atom stereocenters. The van der Waals surface area contributed by atoms with E-state index in [0.717, 1.165) is 18.4 Å². The molecule has 2 bridgehead atoms. The van der Waals surface area contributed by atoms with Gasteiger partial charge in [-0.3, -0.25) is 9.59 Å². The number of hydrogen-bond donors (Lipinski definition) is 1. The molecule has 0 aromatic heterocycles. The van der Waals surface area contributed by atoms with Crippen molar-refractivity contribution in [2.24, 2.45) is 5.41 Å². The van der Waals surface area contributed by atoms with Crippen LogP contribution in [0.4, 0.5) is 0 Å². The van der Waals surface area contributed by atoms with E-state index in [1.165, 1.54) is 0 Å². The first-order valence-corrected chi connectivity index (χ1v) is 8.11. The first-order valence-electron chi connectivity index (χ1n) is 7.73. The average molecular weight is 322 g/mol. The molecule has 2 aliphatic rings. The predicted molar refractivity (Wildman–Crippen MR) is 84.1 cm³/mol. The van der Waals surface area contributed by atoms with Crippen LogP contribution in [-0.4, -0.2) is 34.0 Å². The molecule has 1 aromatic rings. The highest BCUT2D eigenvalue weighted by atomic mass is 35.5. The molecule has 0 unspecified atom stereocenters. The van der Waals surface area contributed by atoms with Gasteiger partial charge in [-0.1, -0.05) is 24.6 Å². The zero-order valence-corrected chi connectivity index (χ0v) is 13.6. The van der Waals surface area contributed by atoms with Crippen LogP contribution < -0.4 is 0 Å². The van der Waals surface area contributed by atoms with Crippen molar-refractivity contribution in [3.8, 4) is 0 Å². The second-order valence-electron chi connectivity index (χ2n) is 6.39. The number of carboxylic acid groups (broad SMARTS) is 1. The second kappa shape index (κ2) is 5.27. The van der Waals surface area contributed by atoms with Gasteiger partial charge in [0.25, 0.3) is 5.91 Å². The van der Waals surface area contributed by atoms with E-state index < -0.39 is 11.4 Å². The SMILES string of the molecule is CC[C@@]1(C(=O)O)C[C@@H]2CC[C@H]1N2C(=O)c1cccc(Cl)c1C. The summed E-state index contributed by atoms with van der Waals surface area (Å²) in [6.45, 7) is 3.74. The summed E-state index contributed by atoms with van der Waals surface area (Å²) >= 11 is 6.12. The zero-order valence-electron chi connectivity index (χ0n) is 12.8. The summed E-state index contributed by atoms with van der Waals surface area (Å²) in [6, 6.07) is 5.14. The van der Waals surface area contributed by atoms with Crippen molar-refractivity contribution in [2.45, 2.75) is 51.6 Å². The van der Waals surface area contributed by atoms with Gasteiger partial charge in [-0.2, -0.15) is 0 Å². The van der Waals surface area contributed by atoms with Crippen LogP contribution in [0.1, 0.15) is 48.5 Å². The third kappa shape index (κ3) is 1.97. The van der Waals surface area contributed by atoms with Gasteiger partial charge in [-0.15, -0.1) is 0 Å². The van der Waals surface area contributed by atoms with Crippen LogP contribution in [0.3, 0.4) is 0 Å². The Balaban J connectivity index is 1.98. The van der Waals surface area contributed by atoms with Crippen molar-refractivity contribution in [1.29, 1.82) is 0 Å². The Morgan fingerprint density at radius 2 is 2.14 bits per heavy atom. The van der Waals surface area contributed by atoms with Gasteiger partial charge in [0.05, 0.1) is 5.41 Å². The second-order valence-corrected chi connectivity index (χ2v) is 6.80. The molecule has 5 heteroatoms. The van der Waals surface area contributed by atoms with Crippen molar-refractivity contribution in [1.82, 2.24) is 4.90 Å². The molecule has 0 radical (unpaired) electrons. The largest absolute Gasteiger partial charge is 0.481 e. The summed E-state index contributed by atoms with van der Waals surface area (Å²) < 4.78 is 0. The maximum absolute atomic E-state index is 13.0. The van der Waals surface area contributed by atoms with Crippen LogP contribution >= 0.6 is 11.6 Å². The van der Waals surface area contributed by atoms with Crippen LogP contribution in [-0.2, 0) is 4.79 Å². The third-order valence-electron chi connectivity index (χ3n) is 5.53. The van der Waals surface area contributed by atoms with Gasteiger partial charge in [-0.05, 0) is 50.3 Å². The van der Waals surface area contributed by atoms with Crippen LogP contribution in [0.2, 0.25) is 5.02 Å². The molecular weight excluding hydrogens is 302 g/mol. The number of aliphatic carboxylic acids is 1. The smallest absolute Gasteiger partial charge is 0.311 e. The average Bonchev–Trinajstić information content (AvgIpc) is 3.05. The molecule has 2 heterocycles. The molecule has 2 saturated heterocycles. The summed E-state index contributed by atoms with van der Waals surface area (Å²) in [5.74, 6) is -0.855. The number of nitrogens with zero attached hydrogens (tertiary/aromatic N) is 1. The van der Waals surface area contributed by atoms with Gasteiger partial charge < -0.3 is 10.0 Å². The Bertz CT molecular complexity index is 645. The van der Waals surface area contributed by atoms with Crippen molar-refractivity contribution in [2.75, 3.05) is 0 Å². The van der Waals surface area contributed by atoms with Gasteiger partial charge in [0.2, 0.25) is 0 Å². The van der Waals surface area contributed by atoms with Crippen molar-refractivity contribution in [3.63, 3.8) is 0 Å². The fourth-order valence-corrected chi connectivity index (χ4v) is 4.40. The van der Waals surface area contributed by atoms with Crippen molar-refractivity contribution >= 4 is 23.5 Å². The van der Waals surface area contributed by atoms with Crippen LogP contribution in [0, 0.1) is 12.3 Å². The Kier molecular flexibility index (Phi) is 3.68. The molecule has 1 N–H and O–H groups in total. The van der Waals surface area contributed by atoms with Gasteiger partial charge in [0.15, 0.2) is 0 Å². The summed E-state index contributed by atoms with van der Waals surface area (Å²) in [5.41, 5.74) is 0.560. The quantitative estimate of drug-likeness (QED) is 0.927. The van der Waals surface area contributed by atoms with E-state index in [0.29, 0.717) is 23.4 Å². The summed E-state index contributed by atoms with van der Waals surface area (Å²) in [7, 11) is 0. The lowest BCUT2D eigenvalue weighted by atomic mass is 9.72. The molecular formula is C17H20ClNO3. The van der Waals surface area contributed by atoms with E-state index >= 15 is 0 Å². The number of rotatable bonds is 3. The van der Waals surface area contributed by atoms with Gasteiger partial charge in [-0.25, -0.2) is 0 Å². The number of carbonyl (C=O) groups is 2. The third-order valence-corrected chi connectivity index (χ3v) is 5.94. The Hall–Kier alpha value is -1.55. The Morgan fingerprint density at radius 1 is 1.41 bits per heavy atom. The first-order chi connectivity index (χ1) is 10.4. The van der Waals surface area contributed by atoms with E-state index in [-0.39, 0.29) is 18.0 Å².